The molecule has 1 N–H and O–H groups in total. The molecule has 1 unspecified atom stereocenters. The number of hydrogen-bond donors (Lipinski definition) is 1. The van der Waals surface area contributed by atoms with E-state index in [0.717, 1.165) is 35.2 Å². The molecular formula is C25H30O5. The first-order chi connectivity index (χ1) is 14.7. The second kappa shape index (κ2) is 9.88. The average molecular weight is 411 g/mol. The number of aliphatic carboxylic acids is 1. The highest BCUT2D eigenvalue weighted by atomic mass is 16.5. The zero-order valence-corrected chi connectivity index (χ0v) is 17.3. The summed E-state index contributed by atoms with van der Waals surface area (Å²) in [5, 5.41) is 8.98. The van der Waals surface area contributed by atoms with E-state index in [0.29, 0.717) is 19.8 Å². The molecule has 2 aliphatic rings. The molecule has 1 aliphatic carbocycles. The van der Waals surface area contributed by atoms with Crippen molar-refractivity contribution in [3.63, 3.8) is 0 Å². The van der Waals surface area contributed by atoms with E-state index in [1.165, 1.54) is 37.7 Å². The normalized spacial score (nSPS) is 18.5. The van der Waals surface area contributed by atoms with Gasteiger partial charge in [0, 0.05) is 24.0 Å². The third-order valence-electron chi connectivity index (χ3n) is 6.07. The molecule has 4 rings (SSSR count). The molecule has 2 aromatic rings. The van der Waals surface area contributed by atoms with Crippen molar-refractivity contribution in [1.82, 2.24) is 0 Å². The van der Waals surface area contributed by atoms with Crippen LogP contribution in [-0.4, -0.2) is 30.9 Å². The Bertz CT molecular complexity index is 839. The first kappa shape index (κ1) is 20.6. The largest absolute Gasteiger partial charge is 0.493 e. The van der Waals surface area contributed by atoms with Crippen LogP contribution in [0, 0.1) is 0 Å². The Balaban J connectivity index is 1.18. The molecule has 1 saturated carbocycles. The third-order valence-corrected chi connectivity index (χ3v) is 6.07. The quantitative estimate of drug-likeness (QED) is 0.551. The molecule has 0 radical (unpaired) electrons. The average Bonchev–Trinajstić information content (AvgIpc) is 3.16. The minimum absolute atomic E-state index is 0.0792. The number of benzene rings is 2. The summed E-state index contributed by atoms with van der Waals surface area (Å²) < 4.78 is 17.3. The van der Waals surface area contributed by atoms with Gasteiger partial charge in [0.25, 0.3) is 0 Å². The van der Waals surface area contributed by atoms with E-state index >= 15 is 0 Å². The van der Waals surface area contributed by atoms with Crippen LogP contribution in [-0.2, 0) is 4.79 Å². The van der Waals surface area contributed by atoms with Crippen LogP contribution in [0.15, 0.2) is 42.5 Å². The Morgan fingerprint density at radius 1 is 0.967 bits per heavy atom. The topological polar surface area (TPSA) is 65.0 Å². The van der Waals surface area contributed by atoms with E-state index in [1.54, 1.807) is 0 Å². The van der Waals surface area contributed by atoms with E-state index in [4.69, 9.17) is 19.3 Å². The monoisotopic (exact) mass is 410 g/mol. The lowest BCUT2D eigenvalue weighted by molar-refractivity contribution is -0.137. The molecule has 1 fully saturated rings. The number of hydrogen-bond acceptors (Lipinski definition) is 4. The second-order valence-corrected chi connectivity index (χ2v) is 8.26. The Morgan fingerprint density at radius 2 is 1.67 bits per heavy atom. The molecule has 1 aliphatic heterocycles. The first-order valence-corrected chi connectivity index (χ1v) is 11.0. The van der Waals surface area contributed by atoms with Gasteiger partial charge in [-0.1, -0.05) is 37.5 Å². The predicted molar refractivity (Wildman–Crippen MR) is 115 cm³/mol. The van der Waals surface area contributed by atoms with Gasteiger partial charge in [0.1, 0.15) is 17.2 Å². The van der Waals surface area contributed by atoms with Crippen molar-refractivity contribution in [2.45, 2.75) is 56.8 Å². The maximum Gasteiger partial charge on any atom is 0.304 e. The maximum atomic E-state index is 10.9. The van der Waals surface area contributed by atoms with Crippen LogP contribution in [0.3, 0.4) is 0 Å². The Morgan fingerprint density at radius 3 is 2.40 bits per heavy atom. The van der Waals surface area contributed by atoms with Gasteiger partial charge in [-0.15, -0.1) is 0 Å². The highest BCUT2D eigenvalue weighted by Gasteiger charge is 2.26. The number of fused-ring (bicyclic) bond motifs is 1. The van der Waals surface area contributed by atoms with Gasteiger partial charge in [-0.05, 0) is 42.5 Å². The number of carbonyl (C=O) groups is 1. The number of ether oxygens (including phenoxy) is 3. The molecule has 30 heavy (non-hydrogen) atoms. The van der Waals surface area contributed by atoms with Gasteiger partial charge in [-0.25, -0.2) is 0 Å². The Hall–Kier alpha value is -2.69. The molecule has 1 heterocycles. The van der Waals surface area contributed by atoms with Crippen LogP contribution in [0.2, 0.25) is 0 Å². The third kappa shape index (κ3) is 5.26. The lowest BCUT2D eigenvalue weighted by Crippen LogP contribution is -2.07. The zero-order valence-electron chi connectivity index (χ0n) is 17.3. The molecular weight excluding hydrogens is 380 g/mol. The van der Waals surface area contributed by atoms with E-state index in [2.05, 4.69) is 24.3 Å². The van der Waals surface area contributed by atoms with Crippen LogP contribution in [0.1, 0.15) is 67.9 Å². The van der Waals surface area contributed by atoms with E-state index in [9.17, 15) is 4.79 Å². The summed E-state index contributed by atoms with van der Waals surface area (Å²) in [6.45, 7) is 1.57. The van der Waals surface area contributed by atoms with E-state index in [-0.39, 0.29) is 12.3 Å². The Labute approximate surface area is 178 Å². The summed E-state index contributed by atoms with van der Waals surface area (Å²) in [6.07, 6.45) is 7.57. The van der Waals surface area contributed by atoms with Crippen molar-refractivity contribution in [2.24, 2.45) is 0 Å². The van der Waals surface area contributed by atoms with E-state index in [1.807, 2.05) is 18.2 Å². The molecule has 5 heteroatoms. The van der Waals surface area contributed by atoms with E-state index < -0.39 is 5.97 Å². The van der Waals surface area contributed by atoms with Gasteiger partial charge in [-0.2, -0.15) is 0 Å². The molecule has 0 aromatic heterocycles. The van der Waals surface area contributed by atoms with Gasteiger partial charge >= 0.3 is 5.97 Å². The zero-order chi connectivity index (χ0) is 20.8. The summed E-state index contributed by atoms with van der Waals surface area (Å²) in [5.41, 5.74) is 2.39. The summed E-state index contributed by atoms with van der Waals surface area (Å²) in [7, 11) is 0. The second-order valence-electron chi connectivity index (χ2n) is 8.26. The predicted octanol–water partition coefficient (Wildman–Crippen LogP) is 5.53. The van der Waals surface area contributed by atoms with Crippen molar-refractivity contribution >= 4 is 5.97 Å². The highest BCUT2D eigenvalue weighted by Crippen LogP contribution is 2.38. The van der Waals surface area contributed by atoms with Crippen LogP contribution < -0.4 is 14.2 Å². The summed E-state index contributed by atoms with van der Waals surface area (Å²) in [4.78, 5) is 10.9. The summed E-state index contributed by atoms with van der Waals surface area (Å²) in [5.74, 6) is 2.21. The van der Waals surface area contributed by atoms with Crippen molar-refractivity contribution < 1.29 is 24.1 Å². The molecule has 0 spiro atoms. The van der Waals surface area contributed by atoms with Gasteiger partial charge < -0.3 is 19.3 Å². The summed E-state index contributed by atoms with van der Waals surface area (Å²) in [6, 6.07) is 14.2. The van der Waals surface area contributed by atoms with Gasteiger partial charge in [0.2, 0.25) is 0 Å². The van der Waals surface area contributed by atoms with Crippen molar-refractivity contribution in [2.75, 3.05) is 19.8 Å². The minimum atomic E-state index is -0.805. The van der Waals surface area contributed by atoms with Crippen LogP contribution >= 0.6 is 0 Å². The van der Waals surface area contributed by atoms with Crippen LogP contribution in [0.25, 0.3) is 0 Å². The SMILES string of the molecule is O=C(O)CC1COc2cc(OCCCOc3ccc(C4CCCCC4)cc3)ccc21. The van der Waals surface area contributed by atoms with Crippen molar-refractivity contribution in [3.8, 4) is 17.2 Å². The van der Waals surface area contributed by atoms with Crippen LogP contribution in [0.5, 0.6) is 17.2 Å². The lowest BCUT2D eigenvalue weighted by atomic mass is 9.84. The van der Waals surface area contributed by atoms with Gasteiger partial charge in [0.05, 0.1) is 26.2 Å². The fraction of sp³-hybridized carbons (Fsp3) is 0.480. The number of carboxylic acids is 1. The summed E-state index contributed by atoms with van der Waals surface area (Å²) >= 11 is 0. The molecule has 0 bridgehead atoms. The maximum absolute atomic E-state index is 10.9. The smallest absolute Gasteiger partial charge is 0.304 e. The fourth-order valence-corrected chi connectivity index (χ4v) is 4.44. The molecule has 160 valence electrons. The number of rotatable bonds is 9. The van der Waals surface area contributed by atoms with Gasteiger partial charge in [-0.3, -0.25) is 4.79 Å². The molecule has 5 nitrogen and oxygen atoms in total. The lowest BCUT2D eigenvalue weighted by Gasteiger charge is -2.22. The molecule has 0 amide bonds. The first-order valence-electron chi connectivity index (χ1n) is 11.0. The highest BCUT2D eigenvalue weighted by molar-refractivity contribution is 5.68. The van der Waals surface area contributed by atoms with Crippen molar-refractivity contribution in [1.29, 1.82) is 0 Å². The Kier molecular flexibility index (Phi) is 6.77. The van der Waals surface area contributed by atoms with Gasteiger partial charge in [0.15, 0.2) is 0 Å². The standard InChI is InChI=1S/C25H30O5/c26-25(27)15-20-17-30-24-16-22(11-12-23(20)24)29-14-4-13-28-21-9-7-19(8-10-21)18-5-2-1-3-6-18/h7-12,16,18,20H,1-6,13-15,17H2,(H,26,27). The number of carboxylic acid groups (broad SMARTS) is 1. The molecule has 1 atom stereocenters. The molecule has 2 aromatic carbocycles. The fourth-order valence-electron chi connectivity index (χ4n) is 4.44. The molecule has 0 saturated heterocycles. The van der Waals surface area contributed by atoms with Crippen LogP contribution in [0.4, 0.5) is 0 Å². The van der Waals surface area contributed by atoms with Crippen molar-refractivity contribution in [3.05, 3.63) is 53.6 Å². The minimum Gasteiger partial charge on any atom is -0.493 e.